The normalized spacial score (nSPS) is 10.8. The standard InChI is InChI=1S/C19H17F2NO4/c1-12-4-3-5-15(18(24)25-2)17(12)22-16(23)11-8-13-6-9-14(10-7-13)26-19(20)21/h3-11,19H,1-2H3,(H,22,23)/b11-8+. The Morgan fingerprint density at radius 2 is 1.81 bits per heavy atom. The first-order valence-electron chi connectivity index (χ1n) is 7.62. The van der Waals surface area contributed by atoms with E-state index in [9.17, 15) is 18.4 Å². The van der Waals surface area contributed by atoms with E-state index in [1.165, 1.54) is 43.5 Å². The molecule has 2 rings (SSSR count). The minimum atomic E-state index is -2.89. The van der Waals surface area contributed by atoms with E-state index < -0.39 is 18.5 Å². The predicted molar refractivity (Wildman–Crippen MR) is 93.3 cm³/mol. The SMILES string of the molecule is COC(=O)c1cccc(C)c1NC(=O)/C=C/c1ccc(OC(F)F)cc1. The molecule has 136 valence electrons. The second kappa shape index (κ2) is 8.75. The molecule has 5 nitrogen and oxygen atoms in total. The number of aryl methyl sites for hydroxylation is 1. The van der Waals surface area contributed by atoms with Crippen molar-refractivity contribution in [3.05, 3.63) is 65.2 Å². The van der Waals surface area contributed by atoms with Crippen molar-refractivity contribution in [1.29, 1.82) is 0 Å². The number of carbonyl (C=O) groups is 2. The van der Waals surface area contributed by atoms with Crippen LogP contribution in [0.15, 0.2) is 48.5 Å². The van der Waals surface area contributed by atoms with Gasteiger partial charge < -0.3 is 14.8 Å². The number of halogens is 2. The zero-order valence-corrected chi connectivity index (χ0v) is 14.2. The van der Waals surface area contributed by atoms with Crippen molar-refractivity contribution in [2.24, 2.45) is 0 Å². The number of carbonyl (C=O) groups excluding carboxylic acids is 2. The second-order valence-electron chi connectivity index (χ2n) is 5.26. The highest BCUT2D eigenvalue weighted by Crippen LogP contribution is 2.21. The molecule has 0 spiro atoms. The predicted octanol–water partition coefficient (Wildman–Crippen LogP) is 4.03. The molecule has 2 aromatic carbocycles. The fraction of sp³-hybridized carbons (Fsp3) is 0.158. The third-order valence-corrected chi connectivity index (χ3v) is 3.46. The number of nitrogens with one attached hydrogen (secondary N) is 1. The van der Waals surface area contributed by atoms with E-state index >= 15 is 0 Å². The number of benzene rings is 2. The zero-order valence-electron chi connectivity index (χ0n) is 14.2. The lowest BCUT2D eigenvalue weighted by molar-refractivity contribution is -0.111. The van der Waals surface area contributed by atoms with Gasteiger partial charge in [-0.05, 0) is 42.3 Å². The number of alkyl halides is 2. The first-order valence-corrected chi connectivity index (χ1v) is 7.62. The highest BCUT2D eigenvalue weighted by Gasteiger charge is 2.14. The van der Waals surface area contributed by atoms with Gasteiger partial charge in [-0.2, -0.15) is 8.78 Å². The van der Waals surface area contributed by atoms with Crippen LogP contribution < -0.4 is 10.1 Å². The summed E-state index contributed by atoms with van der Waals surface area (Å²) in [5, 5.41) is 2.65. The number of amides is 1. The van der Waals surface area contributed by atoms with Gasteiger partial charge in [-0.25, -0.2) is 4.79 Å². The minimum absolute atomic E-state index is 0.0317. The van der Waals surface area contributed by atoms with Gasteiger partial charge in [0.15, 0.2) is 0 Å². The summed E-state index contributed by atoms with van der Waals surface area (Å²) in [6.07, 6.45) is 2.79. The molecule has 1 N–H and O–H groups in total. The molecule has 0 fully saturated rings. The van der Waals surface area contributed by atoms with Gasteiger partial charge in [0.25, 0.3) is 0 Å². The highest BCUT2D eigenvalue weighted by atomic mass is 19.3. The summed E-state index contributed by atoms with van der Waals surface area (Å²) in [6, 6.07) is 10.8. The lowest BCUT2D eigenvalue weighted by atomic mass is 10.1. The Labute approximate surface area is 149 Å². The van der Waals surface area contributed by atoms with E-state index in [0.29, 0.717) is 16.8 Å². The van der Waals surface area contributed by atoms with Crippen LogP contribution in [0, 0.1) is 6.92 Å². The van der Waals surface area contributed by atoms with Crippen molar-refractivity contribution in [3.8, 4) is 5.75 Å². The van der Waals surface area contributed by atoms with Gasteiger partial charge in [-0.15, -0.1) is 0 Å². The van der Waals surface area contributed by atoms with Gasteiger partial charge in [-0.1, -0.05) is 24.3 Å². The van der Waals surface area contributed by atoms with Crippen LogP contribution in [-0.4, -0.2) is 25.6 Å². The lowest BCUT2D eigenvalue weighted by Gasteiger charge is -2.11. The maximum Gasteiger partial charge on any atom is 0.387 e. The largest absolute Gasteiger partial charge is 0.465 e. The average molecular weight is 361 g/mol. The second-order valence-corrected chi connectivity index (χ2v) is 5.26. The molecule has 0 aliphatic rings. The molecule has 0 aliphatic carbocycles. The van der Waals surface area contributed by atoms with Gasteiger partial charge in [0.1, 0.15) is 5.75 Å². The van der Waals surface area contributed by atoms with E-state index in [4.69, 9.17) is 4.74 Å². The Morgan fingerprint density at radius 3 is 2.42 bits per heavy atom. The molecule has 0 aliphatic heterocycles. The number of ether oxygens (including phenoxy) is 2. The third kappa shape index (κ3) is 5.14. The van der Waals surface area contributed by atoms with E-state index in [0.717, 1.165) is 0 Å². The van der Waals surface area contributed by atoms with E-state index in [2.05, 4.69) is 10.1 Å². The van der Waals surface area contributed by atoms with Gasteiger partial charge in [-0.3, -0.25) is 4.79 Å². The monoisotopic (exact) mass is 361 g/mol. The van der Waals surface area contributed by atoms with Gasteiger partial charge in [0.2, 0.25) is 5.91 Å². The van der Waals surface area contributed by atoms with Crippen LogP contribution in [0.3, 0.4) is 0 Å². The molecule has 0 bridgehead atoms. The van der Waals surface area contributed by atoms with Gasteiger partial charge in [0, 0.05) is 6.08 Å². The van der Waals surface area contributed by atoms with Crippen LogP contribution in [0.4, 0.5) is 14.5 Å². The van der Waals surface area contributed by atoms with Crippen molar-refractivity contribution in [2.45, 2.75) is 13.5 Å². The summed E-state index contributed by atoms with van der Waals surface area (Å²) in [7, 11) is 1.26. The van der Waals surface area contributed by atoms with Crippen LogP contribution in [0.25, 0.3) is 6.08 Å². The molecule has 0 saturated carbocycles. The van der Waals surface area contributed by atoms with E-state index in [-0.39, 0.29) is 11.3 Å². The molecule has 2 aromatic rings. The quantitative estimate of drug-likeness (QED) is 0.623. The molecular formula is C19H17F2NO4. The molecule has 0 radical (unpaired) electrons. The Kier molecular flexibility index (Phi) is 6.43. The van der Waals surface area contributed by atoms with Crippen molar-refractivity contribution < 1.29 is 27.8 Å². The Bertz CT molecular complexity index is 817. The summed E-state index contributed by atoms with van der Waals surface area (Å²) in [5.74, 6) is -0.968. The number of esters is 1. The molecule has 0 saturated heterocycles. The van der Waals surface area contributed by atoms with E-state index in [1.54, 1.807) is 25.1 Å². The number of rotatable bonds is 6. The average Bonchev–Trinajstić information content (AvgIpc) is 2.61. The maximum atomic E-state index is 12.1. The summed E-state index contributed by atoms with van der Waals surface area (Å²) in [6.45, 7) is -1.13. The summed E-state index contributed by atoms with van der Waals surface area (Å²) < 4.78 is 33.2. The number of anilines is 1. The van der Waals surface area contributed by atoms with Gasteiger partial charge in [0.05, 0.1) is 18.4 Å². The topological polar surface area (TPSA) is 64.6 Å². The first kappa shape index (κ1) is 19.1. The summed E-state index contributed by atoms with van der Waals surface area (Å²) in [4.78, 5) is 23.9. The van der Waals surface area contributed by atoms with E-state index in [1.807, 2.05) is 0 Å². The van der Waals surface area contributed by atoms with Crippen LogP contribution in [-0.2, 0) is 9.53 Å². The highest BCUT2D eigenvalue weighted by molar-refractivity contribution is 6.07. The number of hydrogen-bond donors (Lipinski definition) is 1. The van der Waals surface area contributed by atoms with Gasteiger partial charge >= 0.3 is 12.6 Å². The zero-order chi connectivity index (χ0) is 19.1. The summed E-state index contributed by atoms with van der Waals surface area (Å²) in [5.41, 5.74) is 1.96. The van der Waals surface area contributed by atoms with Crippen molar-refractivity contribution in [3.63, 3.8) is 0 Å². The van der Waals surface area contributed by atoms with Crippen LogP contribution in [0.5, 0.6) is 5.75 Å². The third-order valence-electron chi connectivity index (χ3n) is 3.46. The molecule has 7 heteroatoms. The van der Waals surface area contributed by atoms with Crippen LogP contribution in [0.1, 0.15) is 21.5 Å². The smallest absolute Gasteiger partial charge is 0.387 e. The molecule has 0 atom stereocenters. The summed E-state index contributed by atoms with van der Waals surface area (Å²) >= 11 is 0. The lowest BCUT2D eigenvalue weighted by Crippen LogP contribution is -2.14. The fourth-order valence-electron chi connectivity index (χ4n) is 2.21. The molecule has 1 amide bonds. The van der Waals surface area contributed by atoms with Crippen molar-refractivity contribution in [1.82, 2.24) is 0 Å². The molecule has 0 unspecified atom stereocenters. The van der Waals surface area contributed by atoms with Crippen LogP contribution >= 0.6 is 0 Å². The Hall–Kier alpha value is -3.22. The minimum Gasteiger partial charge on any atom is -0.465 e. The number of hydrogen-bond acceptors (Lipinski definition) is 4. The maximum absolute atomic E-state index is 12.1. The Balaban J connectivity index is 2.09. The molecule has 26 heavy (non-hydrogen) atoms. The van der Waals surface area contributed by atoms with Crippen LogP contribution in [0.2, 0.25) is 0 Å². The first-order chi connectivity index (χ1) is 12.4. The number of methoxy groups -OCH3 is 1. The molecule has 0 heterocycles. The number of para-hydroxylation sites is 1. The fourth-order valence-corrected chi connectivity index (χ4v) is 2.21. The molecule has 0 aromatic heterocycles. The van der Waals surface area contributed by atoms with Crippen molar-refractivity contribution >= 4 is 23.6 Å². The van der Waals surface area contributed by atoms with Crippen molar-refractivity contribution in [2.75, 3.05) is 12.4 Å². The Morgan fingerprint density at radius 1 is 1.12 bits per heavy atom. The molecular weight excluding hydrogens is 344 g/mol.